The lowest BCUT2D eigenvalue weighted by molar-refractivity contribution is 0.0511. The van der Waals surface area contributed by atoms with Crippen LogP contribution >= 0.6 is 11.3 Å². The predicted molar refractivity (Wildman–Crippen MR) is 97.4 cm³/mol. The molecular formula is C18H18N2O4S. The van der Waals surface area contributed by atoms with Crippen molar-refractivity contribution in [1.82, 2.24) is 9.13 Å². The largest absolute Gasteiger partial charge is 0.462 e. The van der Waals surface area contributed by atoms with Crippen molar-refractivity contribution in [2.24, 2.45) is 7.05 Å². The third-order valence-corrected chi connectivity index (χ3v) is 5.02. The first-order valence-electron chi connectivity index (χ1n) is 7.97. The number of benzene rings is 1. The van der Waals surface area contributed by atoms with Crippen molar-refractivity contribution in [1.29, 1.82) is 0 Å². The molecule has 0 atom stereocenters. The second-order valence-electron chi connectivity index (χ2n) is 5.68. The number of thiophene rings is 1. The number of hydrogen-bond acceptors (Lipinski definition) is 5. The summed E-state index contributed by atoms with van der Waals surface area (Å²) in [6, 6.07) is 10.8. The molecular weight excluding hydrogens is 340 g/mol. The summed E-state index contributed by atoms with van der Waals surface area (Å²) in [5.74, 6) is -0.468. The van der Waals surface area contributed by atoms with Crippen LogP contribution in [0.5, 0.6) is 0 Å². The molecule has 0 amide bonds. The monoisotopic (exact) mass is 358 g/mol. The van der Waals surface area contributed by atoms with Crippen molar-refractivity contribution in [2.75, 3.05) is 6.61 Å². The molecule has 2 heterocycles. The van der Waals surface area contributed by atoms with E-state index in [1.165, 1.54) is 15.2 Å². The van der Waals surface area contributed by atoms with Gasteiger partial charge in [-0.05, 0) is 18.1 Å². The minimum atomic E-state index is -0.468. The van der Waals surface area contributed by atoms with Gasteiger partial charge in [-0.1, -0.05) is 37.3 Å². The van der Waals surface area contributed by atoms with Gasteiger partial charge in [0.05, 0.1) is 18.5 Å². The molecule has 0 bridgehead atoms. The molecule has 6 nitrogen and oxygen atoms in total. The quantitative estimate of drug-likeness (QED) is 0.657. The highest BCUT2D eigenvalue weighted by atomic mass is 32.1. The number of nitrogens with zero attached hydrogens (tertiary/aromatic N) is 2. The van der Waals surface area contributed by atoms with E-state index in [4.69, 9.17) is 4.74 Å². The fraction of sp³-hybridized carbons (Fsp3) is 0.278. The highest BCUT2D eigenvalue weighted by Gasteiger charge is 2.18. The van der Waals surface area contributed by atoms with Gasteiger partial charge in [0.15, 0.2) is 0 Å². The highest BCUT2D eigenvalue weighted by molar-refractivity contribution is 7.20. The minimum absolute atomic E-state index is 0.188. The van der Waals surface area contributed by atoms with Crippen LogP contribution in [0.2, 0.25) is 0 Å². The third-order valence-electron chi connectivity index (χ3n) is 3.83. The molecule has 0 spiro atoms. The molecule has 130 valence electrons. The number of carbonyl (C=O) groups excluding carboxylic acids is 1. The summed E-state index contributed by atoms with van der Waals surface area (Å²) >= 11 is 1.10. The van der Waals surface area contributed by atoms with E-state index in [0.717, 1.165) is 23.3 Å². The molecule has 2 aromatic heterocycles. The Morgan fingerprint density at radius 1 is 1.20 bits per heavy atom. The van der Waals surface area contributed by atoms with Crippen molar-refractivity contribution in [3.8, 4) is 0 Å². The number of esters is 1. The number of carbonyl (C=O) groups is 1. The van der Waals surface area contributed by atoms with Gasteiger partial charge in [0.25, 0.3) is 5.56 Å². The summed E-state index contributed by atoms with van der Waals surface area (Å²) in [5, 5.41) is 0.353. The van der Waals surface area contributed by atoms with Crippen LogP contribution in [0.4, 0.5) is 0 Å². The van der Waals surface area contributed by atoms with Crippen molar-refractivity contribution >= 4 is 27.5 Å². The molecule has 1 aromatic carbocycles. The zero-order valence-corrected chi connectivity index (χ0v) is 14.8. The predicted octanol–water partition coefficient (Wildman–Crippen LogP) is 2.38. The van der Waals surface area contributed by atoms with E-state index in [1.54, 1.807) is 7.05 Å². The molecule has 25 heavy (non-hydrogen) atoms. The molecule has 0 N–H and O–H groups in total. The van der Waals surface area contributed by atoms with Crippen LogP contribution in [-0.4, -0.2) is 21.7 Å². The molecule has 0 radical (unpaired) electrons. The zero-order valence-electron chi connectivity index (χ0n) is 14.0. The fourth-order valence-electron chi connectivity index (χ4n) is 2.56. The van der Waals surface area contributed by atoms with E-state index in [9.17, 15) is 14.4 Å². The molecule has 0 saturated heterocycles. The maximum atomic E-state index is 12.8. The summed E-state index contributed by atoms with van der Waals surface area (Å²) in [6.07, 6.45) is 0.721. The maximum Gasteiger partial charge on any atom is 0.348 e. The van der Waals surface area contributed by atoms with Gasteiger partial charge < -0.3 is 4.74 Å². The molecule has 7 heteroatoms. The molecule has 0 saturated carbocycles. The Kier molecular flexibility index (Phi) is 4.85. The summed E-state index contributed by atoms with van der Waals surface area (Å²) in [4.78, 5) is 38.2. The number of fused-ring (bicyclic) bond motifs is 1. The average Bonchev–Trinajstić information content (AvgIpc) is 3.08. The summed E-state index contributed by atoms with van der Waals surface area (Å²) in [5.41, 5.74) is 0.0586. The Labute approximate surface area is 147 Å². The van der Waals surface area contributed by atoms with Gasteiger partial charge in [0.2, 0.25) is 0 Å². The Morgan fingerprint density at radius 2 is 1.92 bits per heavy atom. The Hall–Kier alpha value is -2.67. The van der Waals surface area contributed by atoms with Gasteiger partial charge in [-0.25, -0.2) is 9.59 Å². The van der Waals surface area contributed by atoms with E-state index in [2.05, 4.69) is 0 Å². The molecule has 0 fully saturated rings. The number of aryl methyl sites for hydroxylation is 1. The lowest BCUT2D eigenvalue weighted by atomic mass is 10.2. The van der Waals surface area contributed by atoms with Gasteiger partial charge in [-0.2, -0.15) is 0 Å². The van der Waals surface area contributed by atoms with Crippen LogP contribution in [0.25, 0.3) is 10.2 Å². The third kappa shape index (κ3) is 3.28. The lowest BCUT2D eigenvalue weighted by Crippen LogP contribution is -2.38. The summed E-state index contributed by atoms with van der Waals surface area (Å²) < 4.78 is 7.71. The lowest BCUT2D eigenvalue weighted by Gasteiger charge is -2.08. The van der Waals surface area contributed by atoms with Crippen LogP contribution in [0.1, 0.15) is 28.6 Å². The maximum absolute atomic E-state index is 12.8. The van der Waals surface area contributed by atoms with E-state index >= 15 is 0 Å². The van der Waals surface area contributed by atoms with E-state index in [0.29, 0.717) is 21.7 Å². The van der Waals surface area contributed by atoms with E-state index in [1.807, 2.05) is 37.3 Å². The van der Waals surface area contributed by atoms with Crippen LogP contribution in [0.15, 0.2) is 46.0 Å². The fourth-order valence-corrected chi connectivity index (χ4v) is 3.55. The number of rotatable bonds is 5. The average molecular weight is 358 g/mol. The van der Waals surface area contributed by atoms with Crippen LogP contribution in [0.3, 0.4) is 0 Å². The smallest absolute Gasteiger partial charge is 0.348 e. The Bertz CT molecular complexity index is 1030. The van der Waals surface area contributed by atoms with Gasteiger partial charge in [-0.3, -0.25) is 13.9 Å². The molecule has 0 aliphatic rings. The van der Waals surface area contributed by atoms with Crippen molar-refractivity contribution < 1.29 is 9.53 Å². The van der Waals surface area contributed by atoms with Gasteiger partial charge in [0, 0.05) is 7.05 Å². The zero-order chi connectivity index (χ0) is 18.0. The van der Waals surface area contributed by atoms with Crippen molar-refractivity contribution in [3.63, 3.8) is 0 Å². The SMILES string of the molecule is CCCOC(=O)c1cc2c(=O)n(Cc3ccccc3)c(=O)n(C)c2s1. The number of aromatic nitrogens is 2. The Balaban J connectivity index is 2.10. The number of hydrogen-bond donors (Lipinski definition) is 0. The molecule has 0 unspecified atom stereocenters. The van der Waals surface area contributed by atoms with E-state index in [-0.39, 0.29) is 6.54 Å². The van der Waals surface area contributed by atoms with Gasteiger partial charge >= 0.3 is 11.7 Å². The normalized spacial score (nSPS) is 11.0. The number of ether oxygens (including phenoxy) is 1. The first kappa shape index (κ1) is 17.2. The van der Waals surface area contributed by atoms with Crippen LogP contribution in [0, 0.1) is 0 Å². The minimum Gasteiger partial charge on any atom is -0.462 e. The van der Waals surface area contributed by atoms with Gasteiger partial charge in [0.1, 0.15) is 9.71 Å². The molecule has 3 rings (SSSR count). The van der Waals surface area contributed by atoms with E-state index < -0.39 is 17.2 Å². The van der Waals surface area contributed by atoms with Gasteiger partial charge in [-0.15, -0.1) is 11.3 Å². The first-order valence-corrected chi connectivity index (χ1v) is 8.79. The van der Waals surface area contributed by atoms with Crippen LogP contribution in [-0.2, 0) is 18.3 Å². The highest BCUT2D eigenvalue weighted by Crippen LogP contribution is 2.22. The van der Waals surface area contributed by atoms with Crippen LogP contribution < -0.4 is 11.2 Å². The second-order valence-corrected chi connectivity index (χ2v) is 6.71. The Morgan fingerprint density at radius 3 is 2.60 bits per heavy atom. The summed E-state index contributed by atoms with van der Waals surface area (Å²) in [7, 11) is 1.60. The standard InChI is InChI=1S/C18H18N2O4S/c1-3-9-24-17(22)14-10-13-15(21)20(11-12-7-5-4-6-8-12)18(23)19(2)16(13)25-14/h4-8,10H,3,9,11H2,1-2H3. The second kappa shape index (κ2) is 7.06. The molecule has 3 aromatic rings. The van der Waals surface area contributed by atoms with Crippen molar-refractivity contribution in [2.45, 2.75) is 19.9 Å². The summed E-state index contributed by atoms with van der Waals surface area (Å²) in [6.45, 7) is 2.42. The topological polar surface area (TPSA) is 70.3 Å². The first-order chi connectivity index (χ1) is 12.0. The molecule has 0 aliphatic carbocycles. The van der Waals surface area contributed by atoms with Crippen molar-refractivity contribution in [3.05, 3.63) is 67.7 Å². The molecule has 0 aliphatic heterocycles.